The van der Waals surface area contributed by atoms with Crippen molar-refractivity contribution in [3.63, 3.8) is 0 Å². The molecular weight excluding hydrogens is 214 g/mol. The van der Waals surface area contributed by atoms with Gasteiger partial charge in [0.25, 0.3) is 0 Å². The number of aliphatic hydroxyl groups excluding tert-OH is 1. The number of hydrogen-bond acceptors (Lipinski definition) is 4. The van der Waals surface area contributed by atoms with Gasteiger partial charge in [-0.2, -0.15) is 0 Å². The van der Waals surface area contributed by atoms with E-state index in [1.165, 1.54) is 51.9 Å². The molecule has 0 radical (unpaired) electrons. The molecule has 0 aromatic rings. The molecular formula is C13H27N3O. The average molecular weight is 241 g/mol. The molecule has 2 atom stereocenters. The SMILES string of the molecule is NCC(O)CCN1CCC(N2CCCCC2)C1. The van der Waals surface area contributed by atoms with Gasteiger partial charge in [0.1, 0.15) is 0 Å². The summed E-state index contributed by atoms with van der Waals surface area (Å²) < 4.78 is 0. The molecule has 0 aromatic carbocycles. The minimum atomic E-state index is -0.316. The van der Waals surface area contributed by atoms with Crippen LogP contribution in [0.1, 0.15) is 32.1 Å². The maximum Gasteiger partial charge on any atom is 0.0674 e. The van der Waals surface area contributed by atoms with E-state index in [9.17, 15) is 5.11 Å². The Labute approximate surface area is 105 Å². The van der Waals surface area contributed by atoms with Gasteiger partial charge in [0.2, 0.25) is 0 Å². The zero-order valence-electron chi connectivity index (χ0n) is 10.9. The molecule has 4 nitrogen and oxygen atoms in total. The van der Waals surface area contributed by atoms with E-state index in [0.717, 1.165) is 19.0 Å². The third-order valence-electron chi connectivity index (χ3n) is 4.21. The lowest BCUT2D eigenvalue weighted by Gasteiger charge is -2.32. The van der Waals surface area contributed by atoms with Gasteiger partial charge in [0.05, 0.1) is 6.10 Å². The maximum absolute atomic E-state index is 9.47. The first-order valence-corrected chi connectivity index (χ1v) is 7.14. The fraction of sp³-hybridized carbons (Fsp3) is 1.00. The first-order valence-electron chi connectivity index (χ1n) is 7.14. The van der Waals surface area contributed by atoms with Crippen LogP contribution in [-0.2, 0) is 0 Å². The molecule has 0 saturated carbocycles. The number of rotatable bonds is 5. The van der Waals surface area contributed by atoms with Crippen LogP contribution in [-0.4, -0.2) is 66.3 Å². The van der Waals surface area contributed by atoms with E-state index in [0.29, 0.717) is 6.54 Å². The van der Waals surface area contributed by atoms with Crippen molar-refractivity contribution >= 4 is 0 Å². The van der Waals surface area contributed by atoms with E-state index >= 15 is 0 Å². The van der Waals surface area contributed by atoms with Crippen LogP contribution < -0.4 is 5.73 Å². The van der Waals surface area contributed by atoms with E-state index in [4.69, 9.17) is 5.73 Å². The van der Waals surface area contributed by atoms with Crippen molar-refractivity contribution in [2.45, 2.75) is 44.2 Å². The molecule has 2 heterocycles. The van der Waals surface area contributed by atoms with Gasteiger partial charge in [0.15, 0.2) is 0 Å². The fourth-order valence-corrected chi connectivity index (χ4v) is 3.05. The molecule has 2 aliphatic heterocycles. The molecule has 17 heavy (non-hydrogen) atoms. The quantitative estimate of drug-likeness (QED) is 0.725. The third kappa shape index (κ3) is 3.91. The van der Waals surface area contributed by atoms with E-state index in [-0.39, 0.29) is 6.10 Å². The minimum absolute atomic E-state index is 0.316. The third-order valence-corrected chi connectivity index (χ3v) is 4.21. The van der Waals surface area contributed by atoms with E-state index < -0.39 is 0 Å². The molecule has 2 aliphatic rings. The second-order valence-corrected chi connectivity index (χ2v) is 5.52. The zero-order valence-corrected chi connectivity index (χ0v) is 10.9. The number of nitrogens with zero attached hydrogens (tertiary/aromatic N) is 2. The summed E-state index contributed by atoms with van der Waals surface area (Å²) in [5.41, 5.74) is 5.42. The minimum Gasteiger partial charge on any atom is -0.392 e. The molecule has 4 heteroatoms. The van der Waals surface area contributed by atoms with Gasteiger partial charge in [-0.15, -0.1) is 0 Å². The molecule has 100 valence electrons. The van der Waals surface area contributed by atoms with Crippen LogP contribution in [0.15, 0.2) is 0 Å². The van der Waals surface area contributed by atoms with Crippen molar-refractivity contribution in [1.29, 1.82) is 0 Å². The van der Waals surface area contributed by atoms with Gasteiger partial charge in [-0.3, -0.25) is 4.90 Å². The number of nitrogens with two attached hydrogens (primary N) is 1. The molecule has 0 aliphatic carbocycles. The molecule has 0 spiro atoms. The molecule has 0 aromatic heterocycles. The van der Waals surface area contributed by atoms with Crippen molar-refractivity contribution in [2.75, 3.05) is 39.3 Å². The summed E-state index contributed by atoms with van der Waals surface area (Å²) in [4.78, 5) is 5.15. The fourth-order valence-electron chi connectivity index (χ4n) is 3.05. The Balaban J connectivity index is 1.67. The Kier molecular flexibility index (Phi) is 5.22. The lowest BCUT2D eigenvalue weighted by molar-refractivity contribution is 0.141. The van der Waals surface area contributed by atoms with Crippen LogP contribution in [0.2, 0.25) is 0 Å². The van der Waals surface area contributed by atoms with Crippen molar-refractivity contribution in [1.82, 2.24) is 9.80 Å². The van der Waals surface area contributed by atoms with Gasteiger partial charge < -0.3 is 15.7 Å². The van der Waals surface area contributed by atoms with Crippen LogP contribution in [0.3, 0.4) is 0 Å². The first kappa shape index (κ1) is 13.3. The number of piperidine rings is 1. The summed E-state index contributed by atoms with van der Waals surface area (Å²) in [6.07, 6.45) is 5.98. The second kappa shape index (κ2) is 6.69. The normalized spacial score (nSPS) is 29.6. The maximum atomic E-state index is 9.47. The van der Waals surface area contributed by atoms with E-state index in [2.05, 4.69) is 9.80 Å². The zero-order chi connectivity index (χ0) is 12.1. The van der Waals surface area contributed by atoms with Crippen LogP contribution in [0.4, 0.5) is 0 Å². The smallest absolute Gasteiger partial charge is 0.0674 e. The number of aliphatic hydroxyl groups is 1. The van der Waals surface area contributed by atoms with Gasteiger partial charge in [0, 0.05) is 25.7 Å². The molecule has 2 fully saturated rings. The Bertz CT molecular complexity index is 219. The molecule has 3 N–H and O–H groups in total. The van der Waals surface area contributed by atoms with Crippen LogP contribution >= 0.6 is 0 Å². The lowest BCUT2D eigenvalue weighted by Crippen LogP contribution is -2.41. The molecule has 0 amide bonds. The Morgan fingerprint density at radius 2 is 1.94 bits per heavy atom. The summed E-state index contributed by atoms with van der Waals surface area (Å²) in [5, 5.41) is 9.47. The van der Waals surface area contributed by atoms with E-state index in [1.54, 1.807) is 0 Å². The van der Waals surface area contributed by atoms with Gasteiger partial charge in [-0.05, 0) is 45.3 Å². The van der Waals surface area contributed by atoms with Gasteiger partial charge in [-0.25, -0.2) is 0 Å². The Morgan fingerprint density at radius 3 is 2.65 bits per heavy atom. The number of likely N-dealkylation sites (tertiary alicyclic amines) is 2. The van der Waals surface area contributed by atoms with Crippen LogP contribution in [0.25, 0.3) is 0 Å². The highest BCUT2D eigenvalue weighted by Crippen LogP contribution is 2.20. The second-order valence-electron chi connectivity index (χ2n) is 5.52. The largest absolute Gasteiger partial charge is 0.392 e. The standard InChI is InChI=1S/C13H27N3O/c14-10-13(17)5-9-15-8-4-12(11-15)16-6-2-1-3-7-16/h12-13,17H,1-11,14H2. The van der Waals surface area contributed by atoms with Gasteiger partial charge in [-0.1, -0.05) is 6.42 Å². The topological polar surface area (TPSA) is 52.7 Å². The van der Waals surface area contributed by atoms with Crippen molar-refractivity contribution < 1.29 is 5.11 Å². The summed E-state index contributed by atoms with van der Waals surface area (Å²) >= 11 is 0. The number of hydrogen-bond donors (Lipinski definition) is 2. The predicted molar refractivity (Wildman–Crippen MR) is 69.9 cm³/mol. The average Bonchev–Trinajstić information content (AvgIpc) is 2.86. The Morgan fingerprint density at radius 1 is 1.18 bits per heavy atom. The predicted octanol–water partition coefficient (Wildman–Crippen LogP) is 0.256. The Hall–Kier alpha value is -0.160. The highest BCUT2D eigenvalue weighted by atomic mass is 16.3. The van der Waals surface area contributed by atoms with Gasteiger partial charge >= 0.3 is 0 Å². The summed E-state index contributed by atoms with van der Waals surface area (Å²) in [6, 6.07) is 0.769. The summed E-state index contributed by atoms with van der Waals surface area (Å²) in [7, 11) is 0. The molecule has 2 unspecified atom stereocenters. The van der Waals surface area contributed by atoms with Crippen molar-refractivity contribution in [2.24, 2.45) is 5.73 Å². The van der Waals surface area contributed by atoms with Crippen molar-refractivity contribution in [3.8, 4) is 0 Å². The lowest BCUT2D eigenvalue weighted by atomic mass is 10.1. The monoisotopic (exact) mass is 241 g/mol. The molecule has 2 saturated heterocycles. The summed E-state index contributed by atoms with van der Waals surface area (Å²) in [5.74, 6) is 0. The van der Waals surface area contributed by atoms with Crippen LogP contribution in [0.5, 0.6) is 0 Å². The molecule has 0 bridgehead atoms. The summed E-state index contributed by atoms with van der Waals surface area (Å²) in [6.45, 7) is 6.37. The van der Waals surface area contributed by atoms with Crippen LogP contribution in [0, 0.1) is 0 Å². The first-order chi connectivity index (χ1) is 8.29. The highest BCUT2D eigenvalue weighted by molar-refractivity contribution is 4.85. The van der Waals surface area contributed by atoms with Crippen molar-refractivity contribution in [3.05, 3.63) is 0 Å². The van der Waals surface area contributed by atoms with E-state index in [1.807, 2.05) is 0 Å². The highest BCUT2D eigenvalue weighted by Gasteiger charge is 2.28. The molecule has 2 rings (SSSR count).